The lowest BCUT2D eigenvalue weighted by atomic mass is 10.1. The largest absolute Gasteiger partial charge is 0.451 e. The van der Waals surface area contributed by atoms with Gasteiger partial charge in [0.2, 0.25) is 0 Å². The highest BCUT2D eigenvalue weighted by atomic mass is 32.2. The molecule has 3 aromatic rings. The van der Waals surface area contributed by atoms with Crippen molar-refractivity contribution in [2.24, 2.45) is 7.05 Å². The topological polar surface area (TPSA) is 60.1 Å². The molecule has 108 valence electrons. The third-order valence-corrected chi connectivity index (χ3v) is 3.73. The van der Waals surface area contributed by atoms with Crippen molar-refractivity contribution in [1.29, 1.82) is 0 Å². The van der Waals surface area contributed by atoms with E-state index in [1.54, 1.807) is 35.8 Å². The number of anilines is 1. The van der Waals surface area contributed by atoms with Crippen LogP contribution in [-0.2, 0) is 12.8 Å². The van der Waals surface area contributed by atoms with E-state index in [0.717, 1.165) is 22.3 Å². The van der Waals surface area contributed by atoms with Crippen molar-refractivity contribution < 1.29 is 9.21 Å². The van der Waals surface area contributed by atoms with Crippen LogP contribution < -0.4 is 5.32 Å². The quantitative estimate of drug-likeness (QED) is 0.803. The molecule has 0 radical (unpaired) electrons. The fourth-order valence-electron chi connectivity index (χ4n) is 2.22. The van der Waals surface area contributed by atoms with E-state index in [2.05, 4.69) is 10.4 Å². The number of fused-ring (bicyclic) bond motifs is 1. The Kier molecular flexibility index (Phi) is 3.70. The predicted octanol–water partition coefficient (Wildman–Crippen LogP) is 3.28. The summed E-state index contributed by atoms with van der Waals surface area (Å²) in [6.07, 6.45) is 3.78. The summed E-state index contributed by atoms with van der Waals surface area (Å²) in [5.74, 6) is 1.32. The zero-order valence-electron chi connectivity index (χ0n) is 11.8. The molecule has 1 N–H and O–H groups in total. The molecule has 0 fully saturated rings. The fourth-order valence-corrected chi connectivity index (χ4v) is 2.80. The van der Waals surface area contributed by atoms with Crippen LogP contribution in [0.3, 0.4) is 0 Å². The summed E-state index contributed by atoms with van der Waals surface area (Å²) in [6, 6.07) is 9.44. The highest BCUT2D eigenvalue weighted by Gasteiger charge is 2.20. The number of para-hydroxylation sites is 1. The molecule has 2 heterocycles. The van der Waals surface area contributed by atoms with Crippen molar-refractivity contribution in [3.8, 4) is 0 Å². The van der Waals surface area contributed by atoms with E-state index in [0.29, 0.717) is 11.6 Å². The normalized spacial score (nSPS) is 11.0. The summed E-state index contributed by atoms with van der Waals surface area (Å²) in [5, 5.41) is 7.89. The number of hydrogen-bond donors (Lipinski definition) is 1. The van der Waals surface area contributed by atoms with Gasteiger partial charge in [0.1, 0.15) is 5.58 Å². The molecule has 0 aliphatic heterocycles. The number of amides is 1. The molecule has 0 atom stereocenters. The summed E-state index contributed by atoms with van der Waals surface area (Å²) in [7, 11) is 1.80. The first-order chi connectivity index (χ1) is 10.2. The molecule has 0 spiro atoms. The average molecular weight is 301 g/mol. The third kappa shape index (κ3) is 2.67. The second-order valence-corrected chi connectivity index (χ2v) is 5.53. The molecule has 0 bridgehead atoms. The van der Waals surface area contributed by atoms with E-state index in [1.807, 2.05) is 30.5 Å². The van der Waals surface area contributed by atoms with Crippen LogP contribution in [0.1, 0.15) is 16.1 Å². The van der Waals surface area contributed by atoms with Crippen LogP contribution in [0.5, 0.6) is 0 Å². The molecule has 0 aliphatic rings. The van der Waals surface area contributed by atoms with Crippen LogP contribution in [0.2, 0.25) is 0 Å². The molecule has 0 unspecified atom stereocenters. The van der Waals surface area contributed by atoms with Gasteiger partial charge in [-0.25, -0.2) is 0 Å². The lowest BCUT2D eigenvalue weighted by molar-refractivity contribution is 0.0997. The second kappa shape index (κ2) is 5.65. The minimum Gasteiger partial charge on any atom is -0.451 e. The third-order valence-electron chi connectivity index (χ3n) is 3.15. The van der Waals surface area contributed by atoms with Crippen LogP contribution in [0, 0.1) is 0 Å². The minimum atomic E-state index is -0.269. The zero-order chi connectivity index (χ0) is 14.8. The number of aryl methyl sites for hydroxylation is 1. The molecule has 0 saturated carbocycles. The number of carbonyl (C=O) groups is 1. The molecule has 1 amide bonds. The predicted molar refractivity (Wildman–Crippen MR) is 84.6 cm³/mol. The van der Waals surface area contributed by atoms with Crippen molar-refractivity contribution in [3.05, 3.63) is 47.9 Å². The summed E-state index contributed by atoms with van der Waals surface area (Å²) < 4.78 is 7.37. The molecule has 6 heteroatoms. The van der Waals surface area contributed by atoms with Crippen molar-refractivity contribution in [2.45, 2.75) is 5.75 Å². The first-order valence-electron chi connectivity index (χ1n) is 6.49. The van der Waals surface area contributed by atoms with E-state index in [-0.39, 0.29) is 5.91 Å². The van der Waals surface area contributed by atoms with E-state index in [9.17, 15) is 4.79 Å². The number of carbonyl (C=O) groups excluding carboxylic acids is 1. The van der Waals surface area contributed by atoms with Crippen molar-refractivity contribution in [1.82, 2.24) is 9.78 Å². The summed E-state index contributed by atoms with van der Waals surface area (Å²) in [4.78, 5) is 12.4. The van der Waals surface area contributed by atoms with Gasteiger partial charge in [0, 0.05) is 36.0 Å². The van der Waals surface area contributed by atoms with Gasteiger partial charge in [-0.15, -0.1) is 0 Å². The molecule has 3 rings (SSSR count). The summed E-state index contributed by atoms with van der Waals surface area (Å²) >= 11 is 1.66. The van der Waals surface area contributed by atoms with Crippen molar-refractivity contribution in [3.63, 3.8) is 0 Å². The standard InChI is InChI=1S/C15H15N3O2S/c1-18-8-7-13(17-18)16-15(19)14-11(9-21-2)10-5-3-4-6-12(10)20-14/h3-8H,9H2,1-2H3,(H,16,17,19). The van der Waals surface area contributed by atoms with E-state index < -0.39 is 0 Å². The van der Waals surface area contributed by atoms with Crippen LogP contribution in [0.4, 0.5) is 5.82 Å². The molecule has 21 heavy (non-hydrogen) atoms. The van der Waals surface area contributed by atoms with Gasteiger partial charge < -0.3 is 9.73 Å². The maximum atomic E-state index is 12.4. The Morgan fingerprint density at radius 3 is 2.90 bits per heavy atom. The van der Waals surface area contributed by atoms with Crippen molar-refractivity contribution >= 4 is 34.5 Å². The lowest BCUT2D eigenvalue weighted by Crippen LogP contribution is -2.13. The second-order valence-electron chi connectivity index (χ2n) is 4.67. The van der Waals surface area contributed by atoms with Crippen LogP contribution in [0.25, 0.3) is 11.0 Å². The Bertz CT molecular complexity index is 791. The molecular formula is C15H15N3O2S. The fraction of sp³-hybridized carbons (Fsp3) is 0.200. The average Bonchev–Trinajstić information content (AvgIpc) is 3.04. The molecule has 0 aliphatic carbocycles. The van der Waals surface area contributed by atoms with Gasteiger partial charge in [-0.05, 0) is 12.3 Å². The smallest absolute Gasteiger partial charge is 0.292 e. The number of hydrogen-bond acceptors (Lipinski definition) is 4. The van der Waals surface area contributed by atoms with Gasteiger partial charge >= 0.3 is 0 Å². The number of benzene rings is 1. The van der Waals surface area contributed by atoms with Gasteiger partial charge in [0.15, 0.2) is 11.6 Å². The van der Waals surface area contributed by atoms with Crippen LogP contribution in [-0.4, -0.2) is 21.9 Å². The first-order valence-corrected chi connectivity index (χ1v) is 7.89. The van der Waals surface area contributed by atoms with E-state index in [1.165, 1.54) is 0 Å². The number of aromatic nitrogens is 2. The Morgan fingerprint density at radius 1 is 1.38 bits per heavy atom. The number of thioether (sulfide) groups is 1. The van der Waals surface area contributed by atoms with Gasteiger partial charge in [-0.1, -0.05) is 18.2 Å². The lowest BCUT2D eigenvalue weighted by Gasteiger charge is -2.02. The van der Waals surface area contributed by atoms with Crippen LogP contribution in [0.15, 0.2) is 40.9 Å². The Balaban J connectivity index is 1.98. The number of nitrogens with zero attached hydrogens (tertiary/aromatic N) is 2. The Morgan fingerprint density at radius 2 is 2.19 bits per heavy atom. The summed E-state index contributed by atoms with van der Waals surface area (Å²) in [5.41, 5.74) is 1.65. The highest BCUT2D eigenvalue weighted by Crippen LogP contribution is 2.29. The Labute approximate surface area is 126 Å². The number of nitrogens with one attached hydrogen (secondary N) is 1. The minimum absolute atomic E-state index is 0.269. The summed E-state index contributed by atoms with van der Waals surface area (Å²) in [6.45, 7) is 0. The van der Waals surface area contributed by atoms with E-state index >= 15 is 0 Å². The molecule has 0 saturated heterocycles. The van der Waals surface area contributed by atoms with E-state index in [4.69, 9.17) is 4.42 Å². The zero-order valence-corrected chi connectivity index (χ0v) is 12.6. The molecule has 1 aromatic carbocycles. The van der Waals surface area contributed by atoms with Gasteiger partial charge in [-0.3, -0.25) is 9.48 Å². The first kappa shape index (κ1) is 13.8. The van der Waals surface area contributed by atoms with Crippen LogP contribution >= 0.6 is 11.8 Å². The molecular weight excluding hydrogens is 286 g/mol. The van der Waals surface area contributed by atoms with Gasteiger partial charge in [0.05, 0.1) is 0 Å². The SMILES string of the molecule is CSCc1c(C(=O)Nc2ccn(C)n2)oc2ccccc12. The Hall–Kier alpha value is -2.21. The monoisotopic (exact) mass is 301 g/mol. The van der Waals surface area contributed by atoms with Gasteiger partial charge in [-0.2, -0.15) is 16.9 Å². The molecule has 2 aromatic heterocycles. The molecule has 5 nitrogen and oxygen atoms in total. The maximum absolute atomic E-state index is 12.4. The number of furan rings is 1. The van der Waals surface area contributed by atoms with Crippen molar-refractivity contribution in [2.75, 3.05) is 11.6 Å². The number of rotatable bonds is 4. The maximum Gasteiger partial charge on any atom is 0.292 e. The highest BCUT2D eigenvalue weighted by molar-refractivity contribution is 7.97. The van der Waals surface area contributed by atoms with Gasteiger partial charge in [0.25, 0.3) is 5.91 Å².